The number of anilines is 2. The molecule has 0 unspecified atom stereocenters. The lowest BCUT2D eigenvalue weighted by atomic mass is 10.1. The number of methoxy groups -OCH3 is 1. The Morgan fingerprint density at radius 3 is 2.73 bits per heavy atom. The highest BCUT2D eigenvalue weighted by Crippen LogP contribution is 2.38. The predicted molar refractivity (Wildman–Crippen MR) is 116 cm³/mol. The number of esters is 1. The minimum absolute atomic E-state index is 0.297. The first-order valence-electron chi connectivity index (χ1n) is 8.56. The van der Waals surface area contributed by atoms with E-state index >= 15 is 0 Å². The fourth-order valence-electron chi connectivity index (χ4n) is 3.14. The van der Waals surface area contributed by atoms with Crippen LogP contribution in [0.15, 0.2) is 22.7 Å². The quantitative estimate of drug-likeness (QED) is 0.356. The molecular weight excluding hydrogens is 432 g/mol. The van der Waals surface area contributed by atoms with Gasteiger partial charge in [0.25, 0.3) is 0 Å². The van der Waals surface area contributed by atoms with Crippen LogP contribution in [-0.2, 0) is 17.6 Å². The summed E-state index contributed by atoms with van der Waals surface area (Å²) in [7, 11) is 1.42. The molecule has 1 aliphatic carbocycles. The number of benzene rings is 1. The number of rotatable bonds is 3. The topological polar surface area (TPSA) is 50.4 Å². The molecule has 26 heavy (non-hydrogen) atoms. The van der Waals surface area contributed by atoms with Gasteiger partial charge in [0.05, 0.1) is 12.7 Å². The Kier molecular flexibility index (Phi) is 6.32. The van der Waals surface area contributed by atoms with Crippen LogP contribution in [0.5, 0.6) is 0 Å². The second-order valence-corrected chi connectivity index (χ2v) is 8.67. The second kappa shape index (κ2) is 8.50. The van der Waals surface area contributed by atoms with Crippen LogP contribution >= 0.6 is 39.5 Å². The van der Waals surface area contributed by atoms with Gasteiger partial charge in [-0.2, -0.15) is 0 Å². The van der Waals surface area contributed by atoms with Gasteiger partial charge in [0.2, 0.25) is 0 Å². The van der Waals surface area contributed by atoms with E-state index in [-0.39, 0.29) is 5.97 Å². The summed E-state index contributed by atoms with van der Waals surface area (Å²) >= 11 is 10.6. The molecule has 0 saturated heterocycles. The van der Waals surface area contributed by atoms with E-state index in [2.05, 4.69) is 26.6 Å². The van der Waals surface area contributed by atoms with Gasteiger partial charge in [0, 0.05) is 15.0 Å². The lowest BCUT2D eigenvalue weighted by Crippen LogP contribution is -2.20. The minimum Gasteiger partial charge on any atom is -0.465 e. The van der Waals surface area contributed by atoms with Crippen molar-refractivity contribution in [2.24, 2.45) is 0 Å². The molecule has 138 valence electrons. The minimum atomic E-state index is -0.297. The molecule has 4 nitrogen and oxygen atoms in total. The van der Waals surface area contributed by atoms with Crippen molar-refractivity contribution in [2.75, 3.05) is 17.7 Å². The van der Waals surface area contributed by atoms with Gasteiger partial charge in [0.15, 0.2) is 5.11 Å². The van der Waals surface area contributed by atoms with Crippen LogP contribution in [-0.4, -0.2) is 18.2 Å². The first-order valence-corrected chi connectivity index (χ1v) is 10.6. The van der Waals surface area contributed by atoms with E-state index < -0.39 is 0 Å². The zero-order valence-corrected chi connectivity index (χ0v) is 18.0. The molecule has 7 heteroatoms. The summed E-state index contributed by atoms with van der Waals surface area (Å²) in [5, 5.41) is 7.64. The number of hydrogen-bond donors (Lipinski definition) is 2. The Bertz CT molecular complexity index is 848. The van der Waals surface area contributed by atoms with Gasteiger partial charge in [-0.3, -0.25) is 0 Å². The number of nitrogens with one attached hydrogen (secondary N) is 2. The zero-order chi connectivity index (χ0) is 18.7. The number of aryl methyl sites for hydroxylation is 2. The molecule has 1 aromatic heterocycles. The summed E-state index contributed by atoms with van der Waals surface area (Å²) in [6.45, 7) is 2.03. The molecule has 0 amide bonds. The van der Waals surface area contributed by atoms with Crippen molar-refractivity contribution < 1.29 is 9.53 Å². The number of carbonyl (C=O) groups is 1. The average Bonchev–Trinajstić information content (AvgIpc) is 2.78. The Morgan fingerprint density at radius 2 is 2.00 bits per heavy atom. The zero-order valence-electron chi connectivity index (χ0n) is 14.8. The SMILES string of the molecule is COC(=O)c1c(NC(=S)Nc2ccc(Br)c(C)c2)sc2c1CCCCC2. The Hall–Kier alpha value is -1.44. The maximum absolute atomic E-state index is 12.4. The fourth-order valence-corrected chi connectivity index (χ4v) is 4.95. The highest BCUT2D eigenvalue weighted by atomic mass is 79.9. The standard InChI is InChI=1S/C19H21BrN2O2S2/c1-11-10-12(8-9-14(11)20)21-19(25)22-17-16(18(23)24-2)13-6-4-3-5-7-15(13)26-17/h8-10H,3-7H2,1-2H3,(H2,21,22,25). The first-order chi connectivity index (χ1) is 12.5. The summed E-state index contributed by atoms with van der Waals surface area (Å²) in [5.74, 6) is -0.297. The van der Waals surface area contributed by atoms with E-state index in [9.17, 15) is 4.79 Å². The van der Waals surface area contributed by atoms with Crippen molar-refractivity contribution in [3.05, 3.63) is 44.2 Å². The third-order valence-corrected chi connectivity index (χ3v) is 6.75. The smallest absolute Gasteiger partial charge is 0.341 e. The van der Waals surface area contributed by atoms with Crippen molar-refractivity contribution >= 4 is 61.3 Å². The van der Waals surface area contributed by atoms with Crippen LogP contribution in [0.4, 0.5) is 10.7 Å². The maximum atomic E-state index is 12.4. The summed E-state index contributed by atoms with van der Waals surface area (Å²) in [6.07, 6.45) is 5.40. The van der Waals surface area contributed by atoms with Crippen LogP contribution in [0.1, 0.15) is 45.6 Å². The lowest BCUT2D eigenvalue weighted by Gasteiger charge is -2.12. The highest BCUT2D eigenvalue weighted by molar-refractivity contribution is 9.10. The van der Waals surface area contributed by atoms with Crippen LogP contribution < -0.4 is 10.6 Å². The fraction of sp³-hybridized carbons (Fsp3) is 0.368. The molecule has 0 aliphatic heterocycles. The number of halogens is 1. The van der Waals surface area contributed by atoms with Crippen molar-refractivity contribution in [3.8, 4) is 0 Å². The van der Waals surface area contributed by atoms with Gasteiger partial charge < -0.3 is 15.4 Å². The number of ether oxygens (including phenoxy) is 1. The second-order valence-electron chi connectivity index (χ2n) is 6.30. The van der Waals surface area contributed by atoms with Crippen LogP contribution in [0.25, 0.3) is 0 Å². The van der Waals surface area contributed by atoms with Crippen molar-refractivity contribution in [3.63, 3.8) is 0 Å². The monoisotopic (exact) mass is 452 g/mol. The van der Waals surface area contributed by atoms with Crippen molar-refractivity contribution in [1.82, 2.24) is 0 Å². The number of thiocarbonyl (C=S) groups is 1. The lowest BCUT2D eigenvalue weighted by molar-refractivity contribution is 0.0601. The number of fused-ring (bicyclic) bond motifs is 1. The van der Waals surface area contributed by atoms with Crippen LogP contribution in [0, 0.1) is 6.92 Å². The molecule has 1 heterocycles. The molecule has 0 atom stereocenters. The van der Waals surface area contributed by atoms with Gasteiger partial charge in [-0.15, -0.1) is 11.3 Å². The molecule has 0 saturated carbocycles. The Morgan fingerprint density at radius 1 is 1.23 bits per heavy atom. The van der Waals surface area contributed by atoms with E-state index in [1.165, 1.54) is 18.4 Å². The van der Waals surface area contributed by atoms with Crippen molar-refractivity contribution in [1.29, 1.82) is 0 Å². The third kappa shape index (κ3) is 4.27. The van der Waals surface area contributed by atoms with Crippen molar-refractivity contribution in [2.45, 2.75) is 39.0 Å². The largest absolute Gasteiger partial charge is 0.465 e. The number of hydrogen-bond acceptors (Lipinski definition) is 4. The summed E-state index contributed by atoms with van der Waals surface area (Å²) < 4.78 is 6.08. The average molecular weight is 453 g/mol. The van der Waals surface area contributed by atoms with Gasteiger partial charge in [0.1, 0.15) is 5.00 Å². The van der Waals surface area contributed by atoms with E-state index in [0.717, 1.165) is 52.0 Å². The number of thiophene rings is 1. The Labute approximate surface area is 171 Å². The van der Waals surface area contributed by atoms with E-state index in [4.69, 9.17) is 17.0 Å². The molecule has 0 bridgehead atoms. The predicted octanol–water partition coefficient (Wildman–Crippen LogP) is 5.68. The van der Waals surface area contributed by atoms with Crippen LogP contribution in [0.2, 0.25) is 0 Å². The molecule has 1 aromatic carbocycles. The maximum Gasteiger partial charge on any atom is 0.341 e. The molecular formula is C19H21BrN2O2S2. The molecule has 3 rings (SSSR count). The van der Waals surface area contributed by atoms with Gasteiger partial charge in [-0.05, 0) is 74.2 Å². The summed E-state index contributed by atoms with van der Waals surface area (Å²) in [4.78, 5) is 13.6. The number of carbonyl (C=O) groups excluding carboxylic acids is 1. The third-order valence-electron chi connectivity index (χ3n) is 4.45. The molecule has 1 aliphatic rings. The summed E-state index contributed by atoms with van der Waals surface area (Å²) in [5.41, 5.74) is 3.80. The molecule has 0 spiro atoms. The molecule has 0 fully saturated rings. The molecule has 2 aromatic rings. The molecule has 2 N–H and O–H groups in total. The van der Waals surface area contributed by atoms with Gasteiger partial charge >= 0.3 is 5.97 Å². The van der Waals surface area contributed by atoms with Gasteiger partial charge in [-0.25, -0.2) is 4.79 Å². The van der Waals surface area contributed by atoms with E-state index in [1.807, 2.05) is 25.1 Å². The van der Waals surface area contributed by atoms with E-state index in [0.29, 0.717) is 10.7 Å². The van der Waals surface area contributed by atoms with Gasteiger partial charge in [-0.1, -0.05) is 22.4 Å². The Balaban J connectivity index is 1.83. The summed E-state index contributed by atoms with van der Waals surface area (Å²) in [6, 6.07) is 5.95. The van der Waals surface area contributed by atoms with Crippen LogP contribution in [0.3, 0.4) is 0 Å². The first kappa shape index (κ1) is 19.3. The van der Waals surface area contributed by atoms with E-state index in [1.54, 1.807) is 11.3 Å². The normalized spacial score (nSPS) is 13.5. The molecule has 0 radical (unpaired) electrons. The highest BCUT2D eigenvalue weighted by Gasteiger charge is 2.25.